The molecule has 1 aromatic carbocycles. The second-order valence-electron chi connectivity index (χ2n) is 8.83. The summed E-state index contributed by atoms with van der Waals surface area (Å²) in [5.41, 5.74) is -0.297. The fourth-order valence-corrected chi connectivity index (χ4v) is 6.01. The molecule has 0 aliphatic carbocycles. The largest absolute Gasteiger partial charge is 0.467 e. The van der Waals surface area contributed by atoms with Crippen molar-refractivity contribution < 1.29 is 23.5 Å². The smallest absolute Gasteiger partial charge is 0.231 e. The highest BCUT2D eigenvalue weighted by Crippen LogP contribution is 2.59. The molecule has 31 heavy (non-hydrogen) atoms. The van der Waals surface area contributed by atoms with E-state index < -0.39 is 35.6 Å². The zero-order valence-electron chi connectivity index (χ0n) is 16.9. The van der Waals surface area contributed by atoms with Crippen molar-refractivity contribution >= 4 is 23.3 Å². The fraction of sp³-hybridized carbons (Fsp3) is 0.375. The first-order valence-corrected chi connectivity index (χ1v) is 10.6. The van der Waals surface area contributed by atoms with Gasteiger partial charge in [-0.2, -0.15) is 0 Å². The third-order valence-electron chi connectivity index (χ3n) is 7.30. The number of hydrogen-bond donors (Lipinski definition) is 1. The number of nitrogens with zero attached hydrogens (tertiary/aromatic N) is 1. The van der Waals surface area contributed by atoms with Gasteiger partial charge in [0.05, 0.1) is 36.3 Å². The van der Waals surface area contributed by atoms with E-state index in [0.717, 1.165) is 0 Å². The number of para-hydroxylation sites is 1. The zero-order chi connectivity index (χ0) is 21.3. The van der Waals surface area contributed by atoms with Crippen molar-refractivity contribution in [3.8, 4) is 0 Å². The van der Waals surface area contributed by atoms with Crippen LogP contribution in [0.15, 0.2) is 65.3 Å². The summed E-state index contributed by atoms with van der Waals surface area (Å²) in [6.07, 6.45) is 5.05. The molecule has 2 bridgehead atoms. The van der Waals surface area contributed by atoms with E-state index in [4.69, 9.17) is 9.15 Å². The van der Waals surface area contributed by atoms with E-state index in [9.17, 15) is 14.4 Å². The third kappa shape index (κ3) is 2.41. The number of hydrogen-bond acceptors (Lipinski definition) is 5. The molecule has 6 rings (SSSR count). The van der Waals surface area contributed by atoms with E-state index in [1.807, 2.05) is 49.4 Å². The number of Topliss-reactive ketones (excluding diaryl/α,β-unsaturated/α-hetero) is 1. The molecule has 1 N–H and O–H groups in total. The number of ether oxygens (including phenoxy) is 1. The van der Waals surface area contributed by atoms with Gasteiger partial charge < -0.3 is 19.4 Å². The van der Waals surface area contributed by atoms with Crippen molar-refractivity contribution in [2.75, 3.05) is 5.32 Å². The van der Waals surface area contributed by atoms with Crippen LogP contribution < -0.4 is 5.32 Å². The van der Waals surface area contributed by atoms with Crippen LogP contribution in [-0.2, 0) is 19.1 Å². The lowest BCUT2D eigenvalue weighted by molar-refractivity contribution is -0.147. The number of piperidine rings is 1. The molecule has 0 saturated carbocycles. The van der Waals surface area contributed by atoms with E-state index in [0.29, 0.717) is 11.4 Å². The van der Waals surface area contributed by atoms with Crippen LogP contribution in [0.5, 0.6) is 0 Å². The minimum atomic E-state index is -0.971. The van der Waals surface area contributed by atoms with Crippen LogP contribution in [0, 0.1) is 17.8 Å². The van der Waals surface area contributed by atoms with Gasteiger partial charge in [0.15, 0.2) is 0 Å². The van der Waals surface area contributed by atoms with Crippen LogP contribution in [0.3, 0.4) is 0 Å². The van der Waals surface area contributed by atoms with Gasteiger partial charge in [-0.25, -0.2) is 0 Å². The van der Waals surface area contributed by atoms with E-state index in [2.05, 4.69) is 5.32 Å². The van der Waals surface area contributed by atoms with Gasteiger partial charge in [-0.3, -0.25) is 14.4 Å². The van der Waals surface area contributed by atoms with Crippen molar-refractivity contribution in [2.45, 2.75) is 37.1 Å². The monoisotopic (exact) mass is 418 g/mol. The molecular formula is C24H22N2O5. The summed E-state index contributed by atoms with van der Waals surface area (Å²) in [7, 11) is 0. The Hall–Kier alpha value is -3.19. The molecule has 2 aromatic rings. The lowest BCUT2D eigenvalue weighted by atomic mass is 9.70. The topological polar surface area (TPSA) is 88.9 Å². The number of ketones is 1. The van der Waals surface area contributed by atoms with Gasteiger partial charge >= 0.3 is 0 Å². The molecule has 0 radical (unpaired) electrons. The number of amides is 2. The van der Waals surface area contributed by atoms with Gasteiger partial charge in [0, 0.05) is 18.0 Å². The van der Waals surface area contributed by atoms with Crippen molar-refractivity contribution in [2.24, 2.45) is 17.8 Å². The van der Waals surface area contributed by atoms with Crippen molar-refractivity contribution in [1.29, 1.82) is 0 Å². The molecule has 1 aromatic heterocycles. The maximum atomic E-state index is 13.8. The predicted octanol–water partition coefficient (Wildman–Crippen LogP) is 2.72. The number of furan rings is 1. The Balaban J connectivity index is 1.40. The average molecular weight is 418 g/mol. The molecule has 7 atom stereocenters. The van der Waals surface area contributed by atoms with Crippen molar-refractivity contribution in [3.63, 3.8) is 0 Å². The van der Waals surface area contributed by atoms with E-state index in [1.54, 1.807) is 23.3 Å². The van der Waals surface area contributed by atoms with Crippen LogP contribution in [0.1, 0.15) is 25.1 Å². The number of benzene rings is 1. The molecule has 1 spiro atoms. The highest BCUT2D eigenvalue weighted by atomic mass is 16.5. The Morgan fingerprint density at radius 3 is 2.71 bits per heavy atom. The average Bonchev–Trinajstić information content (AvgIpc) is 3.54. The first-order chi connectivity index (χ1) is 15.0. The molecule has 3 fully saturated rings. The molecule has 7 heteroatoms. The normalized spacial score (nSPS) is 37.8. The number of carbonyl (C=O) groups is 3. The quantitative estimate of drug-likeness (QED) is 0.775. The number of carbonyl (C=O) groups excluding carboxylic acids is 3. The molecule has 7 nitrogen and oxygen atoms in total. The minimum Gasteiger partial charge on any atom is -0.467 e. The van der Waals surface area contributed by atoms with E-state index in [-0.39, 0.29) is 29.9 Å². The van der Waals surface area contributed by atoms with Crippen LogP contribution >= 0.6 is 0 Å². The summed E-state index contributed by atoms with van der Waals surface area (Å²) in [4.78, 5) is 41.8. The van der Waals surface area contributed by atoms with Crippen LogP contribution in [0.4, 0.5) is 5.69 Å². The highest BCUT2D eigenvalue weighted by Gasteiger charge is 2.74. The van der Waals surface area contributed by atoms with Crippen LogP contribution in [-0.4, -0.2) is 40.2 Å². The first-order valence-electron chi connectivity index (χ1n) is 10.6. The number of anilines is 1. The maximum Gasteiger partial charge on any atom is 0.231 e. The van der Waals surface area contributed by atoms with E-state index in [1.165, 1.54) is 0 Å². The summed E-state index contributed by atoms with van der Waals surface area (Å²) in [5, 5.41) is 2.93. The Labute approximate surface area is 179 Å². The summed E-state index contributed by atoms with van der Waals surface area (Å²) >= 11 is 0. The lowest BCUT2D eigenvalue weighted by Gasteiger charge is -2.43. The molecule has 2 amide bonds. The SMILES string of the molecule is C[C@@H]1C(=O)C[C@H](c2ccco2)N2C(=O)[C@@H]3[C@H](C(=O)Nc4ccccc4)[C@H]4C=C[C@@]3(O4)[C@H]12. The second kappa shape index (κ2) is 6.40. The molecule has 5 heterocycles. The summed E-state index contributed by atoms with van der Waals surface area (Å²) in [5.74, 6) is -1.44. The Kier molecular flexibility index (Phi) is 3.84. The number of nitrogens with one attached hydrogen (secondary N) is 1. The van der Waals surface area contributed by atoms with Gasteiger partial charge in [-0.05, 0) is 24.3 Å². The molecular weight excluding hydrogens is 396 g/mol. The van der Waals surface area contributed by atoms with Gasteiger partial charge in [0.2, 0.25) is 11.8 Å². The molecule has 3 saturated heterocycles. The van der Waals surface area contributed by atoms with Gasteiger partial charge in [-0.15, -0.1) is 0 Å². The van der Waals surface area contributed by atoms with Crippen LogP contribution in [0.25, 0.3) is 0 Å². The molecule has 0 unspecified atom stereocenters. The second-order valence-corrected chi connectivity index (χ2v) is 8.83. The standard InChI is InChI=1S/C24H22N2O5/c1-13-16(27)12-15(17-8-5-11-30-17)26-21(13)24-10-9-18(31-24)19(20(24)23(26)29)22(28)25-14-6-3-2-4-7-14/h2-11,13,15,18-21H,12H2,1H3,(H,25,28)/t13-,15-,18-,19-,20+,21+,24+/m1/s1. The summed E-state index contributed by atoms with van der Waals surface area (Å²) < 4.78 is 11.9. The Morgan fingerprint density at radius 1 is 1.16 bits per heavy atom. The Bertz CT molecular complexity index is 1090. The van der Waals surface area contributed by atoms with Crippen molar-refractivity contribution in [3.05, 3.63) is 66.6 Å². The maximum absolute atomic E-state index is 13.8. The number of rotatable bonds is 3. The predicted molar refractivity (Wildman–Crippen MR) is 110 cm³/mol. The molecule has 158 valence electrons. The van der Waals surface area contributed by atoms with Crippen molar-refractivity contribution in [1.82, 2.24) is 4.90 Å². The van der Waals surface area contributed by atoms with Gasteiger partial charge in [0.1, 0.15) is 17.1 Å². The Morgan fingerprint density at radius 2 is 1.97 bits per heavy atom. The highest BCUT2D eigenvalue weighted by molar-refractivity contribution is 6.00. The number of fused-ring (bicyclic) bond motifs is 2. The van der Waals surface area contributed by atoms with Gasteiger partial charge in [0.25, 0.3) is 0 Å². The fourth-order valence-electron chi connectivity index (χ4n) is 6.01. The van der Waals surface area contributed by atoms with E-state index >= 15 is 0 Å². The van der Waals surface area contributed by atoms with Crippen LogP contribution in [0.2, 0.25) is 0 Å². The molecule has 4 aliphatic heterocycles. The molecule has 4 aliphatic rings. The lowest BCUT2D eigenvalue weighted by Crippen LogP contribution is -2.55. The minimum absolute atomic E-state index is 0.0723. The first kappa shape index (κ1) is 18.6. The third-order valence-corrected chi connectivity index (χ3v) is 7.30. The summed E-state index contributed by atoms with van der Waals surface area (Å²) in [6.45, 7) is 1.85. The van der Waals surface area contributed by atoms with Gasteiger partial charge in [-0.1, -0.05) is 37.3 Å². The zero-order valence-corrected chi connectivity index (χ0v) is 16.9. The summed E-state index contributed by atoms with van der Waals surface area (Å²) in [6, 6.07) is 11.8.